The molecule has 0 N–H and O–H groups in total. The van der Waals surface area contributed by atoms with Gasteiger partial charge in [-0.1, -0.05) is 41.2 Å². The van der Waals surface area contributed by atoms with Crippen LogP contribution in [0.2, 0.25) is 0 Å². The fourth-order valence-electron chi connectivity index (χ4n) is 2.43. The van der Waals surface area contributed by atoms with E-state index in [1.54, 1.807) is 13.2 Å². The second kappa shape index (κ2) is 6.93. The van der Waals surface area contributed by atoms with Crippen molar-refractivity contribution in [2.75, 3.05) is 14.2 Å². The quantitative estimate of drug-likeness (QED) is 0.637. The number of carbonyl (C=O) groups excluding carboxylic acids is 1. The Hall–Kier alpha value is -2.53. The molecule has 0 aliphatic rings. The Kier molecular flexibility index (Phi) is 4.71. The molecule has 4 nitrogen and oxygen atoms in total. The van der Waals surface area contributed by atoms with Crippen molar-refractivity contribution in [3.8, 4) is 10.8 Å². The lowest BCUT2D eigenvalue weighted by molar-refractivity contribution is 0.0596. The van der Waals surface area contributed by atoms with Gasteiger partial charge in [0.05, 0.1) is 14.2 Å². The summed E-state index contributed by atoms with van der Waals surface area (Å²) in [7, 11) is 2.99. The molecule has 0 saturated heterocycles. The van der Waals surface area contributed by atoms with Crippen molar-refractivity contribution >= 4 is 27.4 Å². The highest BCUT2D eigenvalue weighted by Crippen LogP contribution is 2.39. The van der Waals surface area contributed by atoms with E-state index in [2.05, 4.69) is 0 Å². The molecule has 0 spiro atoms. The minimum absolute atomic E-state index is 0.377. The van der Waals surface area contributed by atoms with Gasteiger partial charge in [0.25, 0.3) is 0 Å². The van der Waals surface area contributed by atoms with Crippen LogP contribution in [-0.2, 0) is 11.3 Å². The van der Waals surface area contributed by atoms with E-state index in [0.717, 1.165) is 20.7 Å². The van der Waals surface area contributed by atoms with Gasteiger partial charge in [-0.2, -0.15) is 0 Å². The third-order valence-electron chi connectivity index (χ3n) is 3.74. The molecule has 0 atom stereocenters. The van der Waals surface area contributed by atoms with Gasteiger partial charge in [-0.15, -0.1) is 0 Å². The molecule has 0 bridgehead atoms. The normalized spacial score (nSPS) is 10.6. The van der Waals surface area contributed by atoms with E-state index >= 15 is 0 Å². The third kappa shape index (κ3) is 3.21. The summed E-state index contributed by atoms with van der Waals surface area (Å²) in [5, 5.41) is 1.62. The number of rotatable bonds is 5. The fraction of sp³-hybridized carbons (Fsp3) is 0.211. The maximum absolute atomic E-state index is 12.1. The van der Waals surface area contributed by atoms with Crippen molar-refractivity contribution < 1.29 is 19.0 Å². The Morgan fingerprint density at radius 1 is 1.08 bits per heavy atom. The number of hydrogen-bond donors (Lipinski definition) is 0. The molecule has 0 amide bonds. The highest BCUT2D eigenvalue weighted by Gasteiger charge is 2.18. The highest BCUT2D eigenvalue weighted by atomic mass is 32.1. The fourth-order valence-corrected chi connectivity index (χ4v) is 3.30. The second-order valence-corrected chi connectivity index (χ2v) is 6.44. The molecular weight excluding hydrogens is 324 g/mol. The van der Waals surface area contributed by atoms with Crippen LogP contribution >= 0.6 is 11.3 Å². The van der Waals surface area contributed by atoms with Gasteiger partial charge < -0.3 is 14.2 Å². The molecule has 1 heterocycles. The molecule has 24 heavy (non-hydrogen) atoms. The second-order valence-electron chi connectivity index (χ2n) is 5.39. The summed E-state index contributed by atoms with van der Waals surface area (Å²) in [6, 6.07) is 13.6. The van der Waals surface area contributed by atoms with Gasteiger partial charge >= 0.3 is 5.97 Å². The van der Waals surface area contributed by atoms with Crippen LogP contribution in [0.1, 0.15) is 21.5 Å². The maximum Gasteiger partial charge on any atom is 0.341 e. The van der Waals surface area contributed by atoms with Gasteiger partial charge in [-0.05, 0) is 24.6 Å². The van der Waals surface area contributed by atoms with Crippen LogP contribution in [0.5, 0.6) is 10.8 Å². The summed E-state index contributed by atoms with van der Waals surface area (Å²) in [6.07, 6.45) is 0. The van der Waals surface area contributed by atoms with Crippen molar-refractivity contribution in [3.63, 3.8) is 0 Å². The van der Waals surface area contributed by atoms with E-state index in [4.69, 9.17) is 14.2 Å². The summed E-state index contributed by atoms with van der Waals surface area (Å²) >= 11 is 1.51. The Labute approximate surface area is 144 Å². The van der Waals surface area contributed by atoms with Gasteiger partial charge in [0.15, 0.2) is 5.06 Å². The molecule has 3 rings (SSSR count). The number of methoxy groups -OCH3 is 2. The summed E-state index contributed by atoms with van der Waals surface area (Å²) in [4.78, 5) is 12.1. The van der Waals surface area contributed by atoms with Crippen molar-refractivity contribution in [2.45, 2.75) is 13.5 Å². The van der Waals surface area contributed by atoms with E-state index in [1.165, 1.54) is 24.0 Å². The minimum atomic E-state index is -0.416. The molecule has 0 aliphatic carbocycles. The minimum Gasteiger partial charge on any atom is -0.487 e. The van der Waals surface area contributed by atoms with Crippen molar-refractivity contribution in [1.82, 2.24) is 0 Å². The van der Waals surface area contributed by atoms with Crippen LogP contribution in [0.25, 0.3) is 10.1 Å². The average Bonchev–Trinajstić information content (AvgIpc) is 3.04. The first-order chi connectivity index (χ1) is 11.6. The van der Waals surface area contributed by atoms with Crippen LogP contribution in [0, 0.1) is 6.92 Å². The lowest BCUT2D eigenvalue weighted by atomic mass is 10.1. The lowest BCUT2D eigenvalue weighted by Crippen LogP contribution is -2.06. The van der Waals surface area contributed by atoms with Crippen molar-refractivity contribution in [1.29, 1.82) is 0 Å². The number of thiophene rings is 1. The molecule has 3 aromatic rings. The molecule has 1 aromatic heterocycles. The lowest BCUT2D eigenvalue weighted by Gasteiger charge is -2.12. The monoisotopic (exact) mass is 342 g/mol. The van der Waals surface area contributed by atoms with Crippen molar-refractivity contribution in [3.05, 3.63) is 59.2 Å². The zero-order chi connectivity index (χ0) is 17.1. The molecule has 124 valence electrons. The number of esters is 1. The smallest absolute Gasteiger partial charge is 0.341 e. The molecule has 5 heteroatoms. The third-order valence-corrected chi connectivity index (χ3v) is 4.80. The van der Waals surface area contributed by atoms with Crippen LogP contribution in [0.15, 0.2) is 42.5 Å². The van der Waals surface area contributed by atoms with E-state index in [-0.39, 0.29) is 0 Å². The largest absolute Gasteiger partial charge is 0.487 e. The summed E-state index contributed by atoms with van der Waals surface area (Å²) in [6.45, 7) is 2.42. The number of ether oxygens (including phenoxy) is 3. The maximum atomic E-state index is 12.1. The SMILES string of the molecule is COC(=O)c1ccc2sc(OC)cc2c1OCc1ccc(C)cc1. The van der Waals surface area contributed by atoms with Crippen LogP contribution in [-0.4, -0.2) is 20.2 Å². The predicted octanol–water partition coefficient (Wildman–Crippen LogP) is 4.58. The zero-order valence-corrected chi connectivity index (χ0v) is 14.6. The van der Waals surface area contributed by atoms with E-state index in [0.29, 0.717) is 17.9 Å². The van der Waals surface area contributed by atoms with E-state index in [9.17, 15) is 4.79 Å². The number of aryl methyl sites for hydroxylation is 1. The van der Waals surface area contributed by atoms with Crippen LogP contribution < -0.4 is 9.47 Å². The van der Waals surface area contributed by atoms with Crippen LogP contribution in [0.3, 0.4) is 0 Å². The Bertz CT molecular complexity index is 865. The topological polar surface area (TPSA) is 44.8 Å². The Morgan fingerprint density at radius 3 is 2.50 bits per heavy atom. The summed E-state index contributed by atoms with van der Waals surface area (Å²) in [5.74, 6) is 0.112. The standard InChI is InChI=1S/C19H18O4S/c1-12-4-6-13(7-5-12)11-23-18-14(19(20)22-3)8-9-16-15(18)10-17(21-2)24-16/h4-10H,11H2,1-3H3. The molecule has 0 saturated carbocycles. The predicted molar refractivity (Wildman–Crippen MR) is 95.2 cm³/mol. The molecular formula is C19H18O4S. The zero-order valence-electron chi connectivity index (χ0n) is 13.8. The van der Waals surface area contributed by atoms with E-state index in [1.807, 2.05) is 43.3 Å². The first-order valence-electron chi connectivity index (χ1n) is 7.49. The van der Waals surface area contributed by atoms with Gasteiger partial charge in [0, 0.05) is 16.2 Å². The average molecular weight is 342 g/mol. The first kappa shape index (κ1) is 16.3. The molecule has 0 fully saturated rings. The van der Waals surface area contributed by atoms with Gasteiger partial charge in [-0.25, -0.2) is 4.79 Å². The van der Waals surface area contributed by atoms with Gasteiger partial charge in [0.2, 0.25) is 0 Å². The number of benzene rings is 2. The van der Waals surface area contributed by atoms with Gasteiger partial charge in [0.1, 0.15) is 17.9 Å². The van der Waals surface area contributed by atoms with Gasteiger partial charge in [-0.3, -0.25) is 0 Å². The Balaban J connectivity index is 2.00. The number of hydrogen-bond acceptors (Lipinski definition) is 5. The van der Waals surface area contributed by atoms with Crippen LogP contribution in [0.4, 0.5) is 0 Å². The molecule has 2 aromatic carbocycles. The number of carbonyl (C=O) groups is 1. The Morgan fingerprint density at radius 2 is 1.83 bits per heavy atom. The first-order valence-corrected chi connectivity index (χ1v) is 8.31. The molecule has 0 unspecified atom stereocenters. The molecule has 0 aliphatic heterocycles. The molecule has 0 radical (unpaired) electrons. The summed E-state index contributed by atoms with van der Waals surface area (Å²) < 4.78 is 17.2. The number of fused-ring (bicyclic) bond motifs is 1. The van der Waals surface area contributed by atoms with E-state index < -0.39 is 5.97 Å². The van der Waals surface area contributed by atoms with Crippen molar-refractivity contribution in [2.24, 2.45) is 0 Å². The highest BCUT2D eigenvalue weighted by molar-refractivity contribution is 7.20. The summed E-state index contributed by atoms with van der Waals surface area (Å²) in [5.41, 5.74) is 2.65.